The van der Waals surface area contributed by atoms with E-state index in [2.05, 4.69) is 21.4 Å². The van der Waals surface area contributed by atoms with Crippen LogP contribution in [0.25, 0.3) is 0 Å². The molecule has 2 aliphatic heterocycles. The van der Waals surface area contributed by atoms with Crippen LogP contribution in [0.4, 0.5) is 11.4 Å². The van der Waals surface area contributed by atoms with Crippen LogP contribution < -0.4 is 19.1 Å². The molecule has 7 nitrogen and oxygen atoms in total. The lowest BCUT2D eigenvalue weighted by Crippen LogP contribution is -2.46. The molecule has 1 N–H and O–H groups in total. The fourth-order valence-corrected chi connectivity index (χ4v) is 4.94. The van der Waals surface area contributed by atoms with Crippen molar-refractivity contribution < 1.29 is 17.9 Å². The summed E-state index contributed by atoms with van der Waals surface area (Å²) in [6.45, 7) is 7.73. The Morgan fingerprint density at radius 1 is 1.00 bits per heavy atom. The zero-order chi connectivity index (χ0) is 21.1. The van der Waals surface area contributed by atoms with Gasteiger partial charge in [-0.2, -0.15) is 0 Å². The van der Waals surface area contributed by atoms with Gasteiger partial charge in [0.15, 0.2) is 11.5 Å². The van der Waals surface area contributed by atoms with E-state index in [0.29, 0.717) is 35.4 Å². The summed E-state index contributed by atoms with van der Waals surface area (Å²) >= 11 is 6.19. The van der Waals surface area contributed by atoms with Gasteiger partial charge in [-0.25, -0.2) is 8.42 Å². The molecule has 2 aliphatic rings. The molecule has 0 radical (unpaired) electrons. The van der Waals surface area contributed by atoms with Gasteiger partial charge < -0.3 is 19.3 Å². The fourth-order valence-electron chi connectivity index (χ4n) is 3.69. The first-order valence-corrected chi connectivity index (χ1v) is 12.0. The number of hydrogen-bond donors (Lipinski definition) is 1. The molecule has 2 aromatic carbocycles. The van der Waals surface area contributed by atoms with Crippen molar-refractivity contribution in [3.05, 3.63) is 41.4 Å². The summed E-state index contributed by atoms with van der Waals surface area (Å²) in [5, 5.41) is 0.474. The van der Waals surface area contributed by atoms with Crippen molar-refractivity contribution in [1.29, 1.82) is 0 Å². The number of piperazine rings is 1. The Morgan fingerprint density at radius 3 is 2.47 bits per heavy atom. The van der Waals surface area contributed by atoms with Gasteiger partial charge in [-0.05, 0) is 36.9 Å². The molecule has 2 heterocycles. The summed E-state index contributed by atoms with van der Waals surface area (Å²) in [5.74, 6) is 1.00. The maximum Gasteiger partial charge on any atom is 0.262 e. The molecule has 0 atom stereocenters. The molecule has 9 heteroatoms. The Labute approximate surface area is 182 Å². The zero-order valence-corrected chi connectivity index (χ0v) is 18.5. The summed E-state index contributed by atoms with van der Waals surface area (Å²) in [6.07, 6.45) is 0.756. The van der Waals surface area contributed by atoms with Crippen LogP contribution in [0.3, 0.4) is 0 Å². The third-order valence-corrected chi connectivity index (χ3v) is 6.99. The van der Waals surface area contributed by atoms with E-state index in [9.17, 15) is 8.42 Å². The third kappa shape index (κ3) is 4.61. The van der Waals surface area contributed by atoms with Gasteiger partial charge in [0, 0.05) is 43.7 Å². The van der Waals surface area contributed by atoms with Crippen LogP contribution in [0.15, 0.2) is 41.3 Å². The molecular formula is C21H26ClN3O4S. The van der Waals surface area contributed by atoms with Gasteiger partial charge in [0.1, 0.15) is 0 Å². The van der Waals surface area contributed by atoms with Gasteiger partial charge in [-0.15, -0.1) is 0 Å². The average molecular weight is 452 g/mol. The SMILES string of the molecule is CCN1CCN(c2ccc(Cl)cc2NS(=O)(=O)c2ccc3c(c2)OCCCO3)CC1. The molecule has 0 bridgehead atoms. The molecule has 4 rings (SSSR count). The van der Waals surface area contributed by atoms with Crippen LogP contribution in [0.2, 0.25) is 5.02 Å². The zero-order valence-electron chi connectivity index (χ0n) is 16.9. The Bertz CT molecular complexity index is 1010. The van der Waals surface area contributed by atoms with Crippen LogP contribution in [0.1, 0.15) is 13.3 Å². The first-order chi connectivity index (χ1) is 14.5. The largest absolute Gasteiger partial charge is 0.490 e. The number of hydrogen-bond acceptors (Lipinski definition) is 6. The lowest BCUT2D eigenvalue weighted by atomic mass is 10.2. The molecule has 0 saturated carbocycles. The molecule has 2 aromatic rings. The molecule has 1 fully saturated rings. The predicted octanol–water partition coefficient (Wildman–Crippen LogP) is 3.44. The molecule has 0 unspecified atom stereocenters. The summed E-state index contributed by atoms with van der Waals surface area (Å²) in [4.78, 5) is 4.68. The van der Waals surface area contributed by atoms with Crippen LogP contribution in [0.5, 0.6) is 11.5 Å². The summed E-state index contributed by atoms with van der Waals surface area (Å²) < 4.78 is 40.2. The number of ether oxygens (including phenoxy) is 2. The van der Waals surface area contributed by atoms with Gasteiger partial charge >= 0.3 is 0 Å². The fraction of sp³-hybridized carbons (Fsp3) is 0.429. The molecule has 0 aromatic heterocycles. The van der Waals surface area contributed by atoms with Crippen molar-refractivity contribution in [2.75, 3.05) is 55.6 Å². The van der Waals surface area contributed by atoms with Crippen LogP contribution in [-0.2, 0) is 10.0 Å². The quantitative estimate of drug-likeness (QED) is 0.750. The molecule has 0 aliphatic carbocycles. The van der Waals surface area contributed by atoms with E-state index in [1.807, 2.05) is 6.07 Å². The van der Waals surface area contributed by atoms with E-state index in [-0.39, 0.29) is 4.90 Å². The summed E-state index contributed by atoms with van der Waals surface area (Å²) in [7, 11) is -3.83. The van der Waals surface area contributed by atoms with Crippen molar-refractivity contribution in [3.63, 3.8) is 0 Å². The van der Waals surface area contributed by atoms with Gasteiger partial charge in [0.2, 0.25) is 0 Å². The smallest absolute Gasteiger partial charge is 0.262 e. The molecule has 0 spiro atoms. The molecule has 1 saturated heterocycles. The highest BCUT2D eigenvalue weighted by molar-refractivity contribution is 7.92. The lowest BCUT2D eigenvalue weighted by Gasteiger charge is -2.36. The van der Waals surface area contributed by atoms with Crippen molar-refractivity contribution in [3.8, 4) is 11.5 Å². The number of likely N-dealkylation sites (N-methyl/N-ethyl adjacent to an activating group) is 1. The van der Waals surface area contributed by atoms with Crippen LogP contribution in [0, 0.1) is 0 Å². The highest BCUT2D eigenvalue weighted by atomic mass is 35.5. The second-order valence-electron chi connectivity index (χ2n) is 7.35. The van der Waals surface area contributed by atoms with E-state index >= 15 is 0 Å². The Kier molecular flexibility index (Phi) is 6.26. The molecule has 0 amide bonds. The van der Waals surface area contributed by atoms with Crippen molar-refractivity contribution in [2.24, 2.45) is 0 Å². The van der Waals surface area contributed by atoms with E-state index in [4.69, 9.17) is 21.1 Å². The number of anilines is 2. The Morgan fingerprint density at radius 2 is 1.73 bits per heavy atom. The second kappa shape index (κ2) is 8.91. The Hall–Kier alpha value is -2.16. The number of halogens is 1. The molecular weight excluding hydrogens is 426 g/mol. The summed E-state index contributed by atoms with van der Waals surface area (Å²) in [5.41, 5.74) is 1.30. The van der Waals surface area contributed by atoms with Gasteiger partial charge in [0.05, 0.1) is 29.5 Å². The highest BCUT2D eigenvalue weighted by Crippen LogP contribution is 2.35. The van der Waals surface area contributed by atoms with E-state index < -0.39 is 10.0 Å². The minimum atomic E-state index is -3.83. The van der Waals surface area contributed by atoms with Crippen molar-refractivity contribution in [1.82, 2.24) is 4.90 Å². The first-order valence-electron chi connectivity index (χ1n) is 10.2. The lowest BCUT2D eigenvalue weighted by molar-refractivity contribution is 0.271. The number of nitrogens with one attached hydrogen (secondary N) is 1. The minimum Gasteiger partial charge on any atom is -0.490 e. The van der Waals surface area contributed by atoms with Gasteiger partial charge in [0.25, 0.3) is 10.0 Å². The van der Waals surface area contributed by atoms with Crippen LogP contribution in [-0.4, -0.2) is 59.3 Å². The normalized spacial score (nSPS) is 17.5. The number of fused-ring (bicyclic) bond motifs is 1. The molecule has 162 valence electrons. The highest BCUT2D eigenvalue weighted by Gasteiger charge is 2.23. The number of sulfonamides is 1. The topological polar surface area (TPSA) is 71.1 Å². The van der Waals surface area contributed by atoms with E-state index in [1.54, 1.807) is 18.2 Å². The van der Waals surface area contributed by atoms with Crippen molar-refractivity contribution in [2.45, 2.75) is 18.2 Å². The van der Waals surface area contributed by atoms with Gasteiger partial charge in [-0.1, -0.05) is 18.5 Å². The maximum atomic E-state index is 13.1. The number of benzene rings is 2. The monoisotopic (exact) mass is 451 g/mol. The number of rotatable bonds is 5. The standard InChI is InChI=1S/C21H26ClN3O4S/c1-2-24-8-10-25(11-9-24)19-6-4-16(22)14-18(19)23-30(26,27)17-5-7-20-21(15-17)29-13-3-12-28-20/h4-7,14-15,23H,2-3,8-13H2,1H3. The maximum absolute atomic E-state index is 13.1. The Balaban J connectivity index is 1.60. The number of nitrogens with zero attached hydrogens (tertiary/aromatic N) is 2. The third-order valence-electron chi connectivity index (χ3n) is 5.39. The second-order valence-corrected chi connectivity index (χ2v) is 9.47. The van der Waals surface area contributed by atoms with E-state index in [1.165, 1.54) is 12.1 Å². The van der Waals surface area contributed by atoms with Crippen LogP contribution >= 0.6 is 11.6 Å². The average Bonchev–Trinajstić information content (AvgIpc) is 2.99. The summed E-state index contributed by atoms with van der Waals surface area (Å²) in [6, 6.07) is 9.99. The van der Waals surface area contributed by atoms with Gasteiger partial charge in [-0.3, -0.25) is 4.72 Å². The van der Waals surface area contributed by atoms with E-state index in [0.717, 1.165) is 44.8 Å². The van der Waals surface area contributed by atoms with Crippen molar-refractivity contribution >= 4 is 33.0 Å². The predicted molar refractivity (Wildman–Crippen MR) is 119 cm³/mol. The minimum absolute atomic E-state index is 0.119. The first kappa shape index (κ1) is 21.1. The molecule has 30 heavy (non-hydrogen) atoms.